The van der Waals surface area contributed by atoms with Crippen molar-refractivity contribution >= 4 is 80.4 Å². The Kier molecular flexibility index (Phi) is 8.75. The molecule has 3 aliphatic rings. The first-order valence-electron chi connectivity index (χ1n) is 16.2. The Morgan fingerprint density at radius 3 is 2.31 bits per heavy atom. The van der Waals surface area contributed by atoms with Crippen molar-refractivity contribution in [3.8, 4) is 0 Å². The molecule has 0 spiro atoms. The number of hydrogen-bond acceptors (Lipinski definition) is 13. The maximum absolute atomic E-state index is 13.9. The van der Waals surface area contributed by atoms with E-state index < -0.39 is 59.3 Å². The van der Waals surface area contributed by atoms with Crippen molar-refractivity contribution in [2.24, 2.45) is 5.73 Å². The summed E-state index contributed by atoms with van der Waals surface area (Å²) in [6, 6.07) is 14.1. The molecule has 5 amide bonds. The molecule has 17 heteroatoms. The number of nitrogens with zero attached hydrogens (tertiary/aromatic N) is 4. The second-order valence-electron chi connectivity index (χ2n) is 12.3. The van der Waals surface area contributed by atoms with E-state index in [-0.39, 0.29) is 57.3 Å². The van der Waals surface area contributed by atoms with Gasteiger partial charge in [-0.3, -0.25) is 38.5 Å². The van der Waals surface area contributed by atoms with Gasteiger partial charge in [-0.25, -0.2) is 9.88 Å². The van der Waals surface area contributed by atoms with E-state index >= 15 is 0 Å². The summed E-state index contributed by atoms with van der Waals surface area (Å²) >= 11 is 0.783. The maximum atomic E-state index is 13.9. The minimum atomic E-state index is -1.82. The van der Waals surface area contributed by atoms with Gasteiger partial charge < -0.3 is 25.3 Å². The van der Waals surface area contributed by atoms with Crippen molar-refractivity contribution in [2.45, 2.75) is 50.9 Å². The zero-order valence-electron chi connectivity index (χ0n) is 27.7. The van der Waals surface area contributed by atoms with Crippen LogP contribution in [0.3, 0.4) is 0 Å². The highest BCUT2D eigenvalue weighted by molar-refractivity contribution is 7.14. The highest BCUT2D eigenvalue weighted by Gasteiger charge is 2.46. The van der Waals surface area contributed by atoms with Gasteiger partial charge in [0, 0.05) is 19.2 Å². The fourth-order valence-electron chi connectivity index (χ4n) is 6.58. The number of pyridine rings is 1. The monoisotopic (exact) mass is 726 g/mol. The van der Waals surface area contributed by atoms with Gasteiger partial charge in [0.05, 0.1) is 45.9 Å². The second-order valence-corrected chi connectivity index (χ2v) is 13.1. The number of nitrogens with two attached hydrogens (primary N) is 1. The molecule has 4 aromatic rings. The summed E-state index contributed by atoms with van der Waals surface area (Å²) in [6.45, 7) is 2.38. The lowest BCUT2D eigenvalue weighted by molar-refractivity contribution is -0.170. The normalized spacial score (nSPS) is 18.4. The Labute approximate surface area is 299 Å². The summed E-state index contributed by atoms with van der Waals surface area (Å²) in [5, 5.41) is 2.78. The third-order valence-electron chi connectivity index (χ3n) is 9.06. The van der Waals surface area contributed by atoms with Crippen LogP contribution >= 0.6 is 11.5 Å². The molecule has 0 radical (unpaired) electrons. The van der Waals surface area contributed by atoms with Gasteiger partial charge in [0.1, 0.15) is 5.82 Å². The van der Waals surface area contributed by atoms with Gasteiger partial charge in [-0.05, 0) is 67.2 Å². The van der Waals surface area contributed by atoms with Gasteiger partial charge in [-0.1, -0.05) is 18.2 Å². The van der Waals surface area contributed by atoms with Crippen LogP contribution in [0.1, 0.15) is 69.9 Å². The van der Waals surface area contributed by atoms with Gasteiger partial charge in [-0.2, -0.15) is 4.37 Å². The van der Waals surface area contributed by atoms with Crippen LogP contribution in [-0.2, 0) is 39.0 Å². The second kappa shape index (κ2) is 13.2. The molecular formula is C35H30N6O10S. The first-order valence-corrected chi connectivity index (χ1v) is 17.0. The van der Waals surface area contributed by atoms with Crippen LogP contribution in [0, 0.1) is 0 Å². The Hall–Kier alpha value is -6.07. The lowest BCUT2D eigenvalue weighted by Gasteiger charge is -2.40. The molecular weight excluding hydrogens is 696 g/mol. The predicted octanol–water partition coefficient (Wildman–Crippen LogP) is 2.84. The van der Waals surface area contributed by atoms with Crippen molar-refractivity contribution < 1.29 is 47.8 Å². The SMILES string of the molecule is CC(=O)O[C@@H](C(=O)Nc1ccc2c(N3C(=O)c4ccccc4C3=O)nsc2c1C(N)=O)[C@H]1OCCN(c2cccc(C3(OC(C)=O)CCC3)n2)C1=O. The number of anilines is 3. The van der Waals surface area contributed by atoms with Gasteiger partial charge in [0.15, 0.2) is 17.5 Å². The summed E-state index contributed by atoms with van der Waals surface area (Å²) in [7, 11) is 0. The molecule has 266 valence electrons. The molecule has 0 unspecified atom stereocenters. The average Bonchev–Trinajstić information content (AvgIpc) is 3.62. The van der Waals surface area contributed by atoms with Crippen molar-refractivity contribution in [1.29, 1.82) is 0 Å². The standard InChI is InChI=1S/C35H30N6O10S/c1-17(42)50-26(27-34(48)40(15-16-49-27)24-10-5-9-23(38-24)35(13-6-14-35)51-18(2)43)31(45)37-22-12-11-21-28(25(22)29(36)44)52-39-30(21)41-32(46)19-7-3-4-8-20(19)33(41)47/h3-5,7-12,26-27H,6,13-16H2,1-2H3,(H2,36,44)(H,37,45)/t26-,27-/m1/s1. The van der Waals surface area contributed by atoms with E-state index in [4.69, 9.17) is 19.9 Å². The van der Waals surface area contributed by atoms with E-state index in [1.807, 2.05) is 0 Å². The van der Waals surface area contributed by atoms with Gasteiger partial charge >= 0.3 is 11.9 Å². The van der Waals surface area contributed by atoms with E-state index in [1.165, 1.54) is 36.1 Å². The maximum Gasteiger partial charge on any atom is 0.303 e. The number of nitrogens with one attached hydrogen (secondary N) is 1. The zero-order chi connectivity index (χ0) is 36.9. The van der Waals surface area contributed by atoms with E-state index in [0.29, 0.717) is 18.5 Å². The molecule has 3 N–H and O–H groups in total. The Bertz CT molecular complexity index is 2180. The highest BCUT2D eigenvalue weighted by atomic mass is 32.1. The number of carbonyl (C=O) groups excluding carboxylic acids is 7. The number of imide groups is 1. The highest BCUT2D eigenvalue weighted by Crippen LogP contribution is 2.45. The van der Waals surface area contributed by atoms with Crippen LogP contribution in [0.5, 0.6) is 0 Å². The molecule has 2 aliphatic heterocycles. The van der Waals surface area contributed by atoms with E-state index in [2.05, 4.69) is 14.7 Å². The minimum Gasteiger partial charge on any atom is -0.453 e. The number of esters is 2. The summed E-state index contributed by atoms with van der Waals surface area (Å²) in [6.07, 6.45) is -1.46. The number of benzene rings is 2. The molecule has 16 nitrogen and oxygen atoms in total. The zero-order valence-corrected chi connectivity index (χ0v) is 28.6. The topological polar surface area (TPSA) is 217 Å². The number of carbonyl (C=O) groups is 7. The van der Waals surface area contributed by atoms with Crippen molar-refractivity contribution in [1.82, 2.24) is 9.36 Å². The summed E-state index contributed by atoms with van der Waals surface area (Å²) < 4.78 is 21.1. The van der Waals surface area contributed by atoms with Crippen LogP contribution in [-0.4, -0.2) is 76.2 Å². The predicted molar refractivity (Wildman–Crippen MR) is 184 cm³/mol. The molecule has 2 aromatic heterocycles. The number of amides is 5. The number of fused-ring (bicyclic) bond motifs is 2. The van der Waals surface area contributed by atoms with Gasteiger partial charge in [0.2, 0.25) is 6.10 Å². The molecule has 2 aromatic carbocycles. The molecule has 1 saturated heterocycles. The molecule has 1 aliphatic carbocycles. The summed E-state index contributed by atoms with van der Waals surface area (Å²) in [5.74, 6) is -5.02. The molecule has 4 heterocycles. The fourth-order valence-corrected chi connectivity index (χ4v) is 7.50. The van der Waals surface area contributed by atoms with Crippen LogP contribution < -0.4 is 20.9 Å². The fraction of sp³-hybridized carbons (Fsp3) is 0.286. The van der Waals surface area contributed by atoms with Crippen molar-refractivity contribution in [3.63, 3.8) is 0 Å². The number of primary amides is 1. The van der Waals surface area contributed by atoms with Crippen LogP contribution in [0.2, 0.25) is 0 Å². The van der Waals surface area contributed by atoms with E-state index in [0.717, 1.165) is 29.8 Å². The first kappa shape index (κ1) is 34.4. The number of rotatable bonds is 9. The van der Waals surface area contributed by atoms with Gasteiger partial charge in [-0.15, -0.1) is 0 Å². The third-order valence-corrected chi connectivity index (χ3v) is 9.93. The lowest BCUT2D eigenvalue weighted by Crippen LogP contribution is -2.57. The quantitative estimate of drug-likeness (QED) is 0.188. The molecule has 2 atom stereocenters. The number of aromatic nitrogens is 2. The first-order chi connectivity index (χ1) is 24.9. The lowest BCUT2D eigenvalue weighted by atomic mass is 9.77. The Morgan fingerprint density at radius 1 is 0.981 bits per heavy atom. The van der Waals surface area contributed by atoms with Crippen molar-refractivity contribution in [3.05, 3.63) is 77.0 Å². The summed E-state index contributed by atoms with van der Waals surface area (Å²) in [4.78, 5) is 97.8. The Balaban J connectivity index is 1.17. The molecule has 7 rings (SSSR count). The van der Waals surface area contributed by atoms with Crippen LogP contribution in [0.25, 0.3) is 10.1 Å². The van der Waals surface area contributed by atoms with Crippen molar-refractivity contribution in [2.75, 3.05) is 28.3 Å². The average molecular weight is 727 g/mol. The molecule has 0 bridgehead atoms. The number of morpholine rings is 1. The van der Waals surface area contributed by atoms with E-state index in [1.54, 1.807) is 30.3 Å². The number of hydrogen-bond donors (Lipinski definition) is 2. The molecule has 2 fully saturated rings. The molecule has 52 heavy (non-hydrogen) atoms. The Morgan fingerprint density at radius 2 is 1.69 bits per heavy atom. The number of ether oxygens (including phenoxy) is 3. The van der Waals surface area contributed by atoms with Gasteiger partial charge in [0.25, 0.3) is 29.5 Å². The summed E-state index contributed by atoms with van der Waals surface area (Å²) in [5.41, 5.74) is 5.45. The minimum absolute atomic E-state index is 0.0144. The molecule has 1 saturated carbocycles. The third kappa shape index (κ3) is 5.82. The van der Waals surface area contributed by atoms with Crippen LogP contribution in [0.4, 0.5) is 17.3 Å². The van der Waals surface area contributed by atoms with E-state index in [9.17, 15) is 33.6 Å². The smallest absolute Gasteiger partial charge is 0.303 e. The van der Waals surface area contributed by atoms with Crippen LogP contribution in [0.15, 0.2) is 54.6 Å². The largest absolute Gasteiger partial charge is 0.453 e.